The molecule has 114 valence electrons. The highest BCUT2D eigenvalue weighted by atomic mass is 16.3. The molecule has 1 aromatic carbocycles. The molecule has 1 fully saturated rings. The molecule has 0 saturated carbocycles. The van der Waals surface area contributed by atoms with Gasteiger partial charge in [0.15, 0.2) is 5.78 Å². The van der Waals surface area contributed by atoms with Gasteiger partial charge in [0.25, 0.3) is 0 Å². The van der Waals surface area contributed by atoms with Gasteiger partial charge in [-0.3, -0.25) is 19.7 Å². The van der Waals surface area contributed by atoms with Gasteiger partial charge in [0, 0.05) is 23.5 Å². The Balaban J connectivity index is 0.000000219. The first-order chi connectivity index (χ1) is 9.86. The number of amides is 2. The normalized spacial score (nSPS) is 17.6. The first-order valence-electron chi connectivity index (χ1n) is 7.02. The van der Waals surface area contributed by atoms with Gasteiger partial charge in [-0.1, -0.05) is 26.0 Å². The molecule has 1 aliphatic heterocycles. The van der Waals surface area contributed by atoms with Gasteiger partial charge in [0.05, 0.1) is 0 Å². The van der Waals surface area contributed by atoms with Crippen molar-refractivity contribution in [3.63, 3.8) is 0 Å². The van der Waals surface area contributed by atoms with Gasteiger partial charge >= 0.3 is 0 Å². The quantitative estimate of drug-likeness (QED) is 0.646. The van der Waals surface area contributed by atoms with E-state index in [1.54, 1.807) is 18.2 Å². The number of piperidine rings is 1. The molecule has 0 bridgehead atoms. The Bertz CT molecular complexity index is 551. The van der Waals surface area contributed by atoms with Crippen LogP contribution in [0.25, 0.3) is 0 Å². The minimum atomic E-state index is -0.141. The molecule has 1 heterocycles. The largest absolute Gasteiger partial charge is 0.508 e. The zero-order valence-corrected chi connectivity index (χ0v) is 12.6. The number of Topliss-reactive ketones (excluding diaryl/α,β-unsaturated/α-hetero) is 1. The molecule has 1 saturated heterocycles. The van der Waals surface area contributed by atoms with E-state index in [0.717, 1.165) is 5.56 Å². The predicted octanol–water partition coefficient (Wildman–Crippen LogP) is 2.22. The molecule has 0 aromatic heterocycles. The van der Waals surface area contributed by atoms with Gasteiger partial charge in [-0.2, -0.15) is 0 Å². The molecule has 0 spiro atoms. The Morgan fingerprint density at radius 3 is 2.48 bits per heavy atom. The summed E-state index contributed by atoms with van der Waals surface area (Å²) >= 11 is 0. The number of aromatic hydroxyl groups is 1. The van der Waals surface area contributed by atoms with E-state index in [0.29, 0.717) is 24.8 Å². The van der Waals surface area contributed by atoms with Crippen molar-refractivity contribution in [1.82, 2.24) is 5.32 Å². The van der Waals surface area contributed by atoms with Gasteiger partial charge in [0.1, 0.15) is 5.75 Å². The summed E-state index contributed by atoms with van der Waals surface area (Å²) in [4.78, 5) is 32.2. The number of carbonyl (C=O) groups excluding carboxylic acids is 3. The topological polar surface area (TPSA) is 83.5 Å². The Kier molecular flexibility index (Phi) is 6.09. The number of imide groups is 1. The summed E-state index contributed by atoms with van der Waals surface area (Å²) in [5, 5.41) is 11.6. The van der Waals surface area contributed by atoms with E-state index in [1.165, 1.54) is 6.92 Å². The zero-order chi connectivity index (χ0) is 16.0. The minimum Gasteiger partial charge on any atom is -0.508 e. The average Bonchev–Trinajstić information content (AvgIpc) is 2.43. The van der Waals surface area contributed by atoms with Crippen LogP contribution in [-0.2, 0) is 16.0 Å². The first-order valence-corrected chi connectivity index (χ1v) is 7.02. The summed E-state index contributed by atoms with van der Waals surface area (Å²) in [5.41, 5.74) is 1.36. The predicted molar refractivity (Wildman–Crippen MR) is 79.0 cm³/mol. The number of nitrogens with one attached hydrogen (secondary N) is 1. The summed E-state index contributed by atoms with van der Waals surface area (Å²) in [6.45, 7) is 5.25. The molecular formula is C16H21NO4. The van der Waals surface area contributed by atoms with Crippen molar-refractivity contribution in [2.45, 2.75) is 40.0 Å². The van der Waals surface area contributed by atoms with Crippen molar-refractivity contribution in [2.24, 2.45) is 5.92 Å². The van der Waals surface area contributed by atoms with Crippen LogP contribution in [0.15, 0.2) is 18.2 Å². The van der Waals surface area contributed by atoms with Crippen LogP contribution in [0, 0.1) is 5.92 Å². The molecule has 1 aromatic rings. The van der Waals surface area contributed by atoms with E-state index < -0.39 is 0 Å². The third kappa shape index (κ3) is 4.70. The van der Waals surface area contributed by atoms with Gasteiger partial charge in [-0.05, 0) is 25.8 Å². The SMILES string of the molecule is CC1CCC(=O)NC1=O.CCc1c(O)cccc1C(C)=O. The monoisotopic (exact) mass is 291 g/mol. The number of benzene rings is 1. The van der Waals surface area contributed by atoms with E-state index in [-0.39, 0.29) is 29.3 Å². The third-order valence-electron chi connectivity index (χ3n) is 3.40. The van der Waals surface area contributed by atoms with Crippen molar-refractivity contribution < 1.29 is 19.5 Å². The number of phenols is 1. The maximum absolute atomic E-state index is 11.1. The van der Waals surface area contributed by atoms with Crippen molar-refractivity contribution in [1.29, 1.82) is 0 Å². The summed E-state index contributed by atoms with van der Waals surface area (Å²) in [6.07, 6.45) is 1.87. The minimum absolute atomic E-state index is 0.00255. The fourth-order valence-corrected chi connectivity index (χ4v) is 2.08. The number of phenolic OH excluding ortho intramolecular Hbond substituents is 1. The maximum Gasteiger partial charge on any atom is 0.229 e. The van der Waals surface area contributed by atoms with Crippen LogP contribution in [0.1, 0.15) is 49.5 Å². The molecule has 5 heteroatoms. The summed E-state index contributed by atoms with van der Waals surface area (Å²) in [5.74, 6) is -0.0417. The maximum atomic E-state index is 11.1. The Morgan fingerprint density at radius 1 is 1.38 bits per heavy atom. The lowest BCUT2D eigenvalue weighted by Crippen LogP contribution is -2.39. The number of hydrogen-bond acceptors (Lipinski definition) is 4. The molecule has 1 unspecified atom stereocenters. The Hall–Kier alpha value is -2.17. The van der Waals surface area contributed by atoms with Crippen LogP contribution in [0.5, 0.6) is 5.75 Å². The average molecular weight is 291 g/mol. The summed E-state index contributed by atoms with van der Waals surface area (Å²) in [7, 11) is 0. The molecule has 2 N–H and O–H groups in total. The van der Waals surface area contributed by atoms with Gasteiger partial charge in [-0.25, -0.2) is 0 Å². The fourth-order valence-electron chi connectivity index (χ4n) is 2.08. The fraction of sp³-hybridized carbons (Fsp3) is 0.438. The lowest BCUT2D eigenvalue weighted by Gasteiger charge is -2.15. The molecule has 0 aliphatic carbocycles. The van der Waals surface area contributed by atoms with Gasteiger partial charge in [-0.15, -0.1) is 0 Å². The zero-order valence-electron chi connectivity index (χ0n) is 12.6. The molecule has 1 aliphatic rings. The molecular weight excluding hydrogens is 270 g/mol. The standard InChI is InChI=1S/C10H12O2.C6H9NO2/c1-3-8-9(7(2)11)5-4-6-10(8)12;1-4-2-3-5(8)7-6(4)9/h4-6,12H,3H2,1-2H3;4H,2-3H2,1H3,(H,7,8,9). The summed E-state index contributed by atoms with van der Waals surface area (Å²) in [6, 6.07) is 5.03. The second-order valence-corrected chi connectivity index (χ2v) is 5.07. The van der Waals surface area contributed by atoms with Crippen molar-refractivity contribution in [3.8, 4) is 5.75 Å². The Morgan fingerprint density at radius 2 is 2.05 bits per heavy atom. The number of ketones is 1. The van der Waals surface area contributed by atoms with Crippen LogP contribution in [0.2, 0.25) is 0 Å². The van der Waals surface area contributed by atoms with Crippen LogP contribution in [0.4, 0.5) is 0 Å². The Labute approximate surface area is 124 Å². The molecule has 2 rings (SSSR count). The molecule has 1 atom stereocenters. The first kappa shape index (κ1) is 16.9. The molecule has 5 nitrogen and oxygen atoms in total. The number of hydrogen-bond donors (Lipinski definition) is 2. The highest BCUT2D eigenvalue weighted by Crippen LogP contribution is 2.21. The van der Waals surface area contributed by atoms with Crippen molar-refractivity contribution >= 4 is 17.6 Å². The van der Waals surface area contributed by atoms with E-state index in [1.807, 2.05) is 13.8 Å². The number of rotatable bonds is 2. The lowest BCUT2D eigenvalue weighted by atomic mass is 10.0. The molecule has 21 heavy (non-hydrogen) atoms. The van der Waals surface area contributed by atoms with Crippen LogP contribution < -0.4 is 5.32 Å². The van der Waals surface area contributed by atoms with Gasteiger partial charge < -0.3 is 5.11 Å². The van der Waals surface area contributed by atoms with Crippen LogP contribution in [-0.4, -0.2) is 22.7 Å². The highest BCUT2D eigenvalue weighted by molar-refractivity contribution is 5.98. The van der Waals surface area contributed by atoms with Crippen molar-refractivity contribution in [3.05, 3.63) is 29.3 Å². The summed E-state index contributed by atoms with van der Waals surface area (Å²) < 4.78 is 0. The van der Waals surface area contributed by atoms with Crippen LogP contribution >= 0.6 is 0 Å². The second kappa shape index (κ2) is 7.57. The molecule has 2 amide bonds. The second-order valence-electron chi connectivity index (χ2n) is 5.07. The van der Waals surface area contributed by atoms with E-state index in [2.05, 4.69) is 5.32 Å². The van der Waals surface area contributed by atoms with Gasteiger partial charge in [0.2, 0.25) is 11.8 Å². The molecule has 0 radical (unpaired) electrons. The lowest BCUT2D eigenvalue weighted by molar-refractivity contribution is -0.135. The van der Waals surface area contributed by atoms with E-state index >= 15 is 0 Å². The third-order valence-corrected chi connectivity index (χ3v) is 3.40. The smallest absolute Gasteiger partial charge is 0.229 e. The van der Waals surface area contributed by atoms with E-state index in [4.69, 9.17) is 0 Å². The highest BCUT2D eigenvalue weighted by Gasteiger charge is 2.21. The number of carbonyl (C=O) groups is 3. The van der Waals surface area contributed by atoms with Crippen molar-refractivity contribution in [2.75, 3.05) is 0 Å². The van der Waals surface area contributed by atoms with Crippen LogP contribution in [0.3, 0.4) is 0 Å². The van der Waals surface area contributed by atoms with E-state index in [9.17, 15) is 19.5 Å².